The van der Waals surface area contributed by atoms with E-state index >= 15 is 0 Å². The van der Waals surface area contributed by atoms with E-state index in [1.807, 2.05) is 25.3 Å². The minimum Gasteiger partial charge on any atom is -0.346 e. The number of nitrogens with one attached hydrogen (secondary N) is 1. The zero-order valence-corrected chi connectivity index (χ0v) is 10.7. The lowest BCUT2D eigenvalue weighted by Gasteiger charge is -2.04. The number of nitrogens with two attached hydrogens (primary N) is 1. The van der Waals surface area contributed by atoms with Gasteiger partial charge < -0.3 is 10.7 Å². The second-order valence-corrected chi connectivity index (χ2v) is 4.45. The van der Waals surface area contributed by atoms with E-state index in [0.717, 1.165) is 28.7 Å². The predicted octanol–water partition coefficient (Wildman–Crippen LogP) is 1.83. The molecule has 0 atom stereocenters. The van der Waals surface area contributed by atoms with Gasteiger partial charge in [-0.2, -0.15) is 0 Å². The number of aromatic nitrogens is 4. The summed E-state index contributed by atoms with van der Waals surface area (Å²) in [5, 5.41) is 1.08. The molecule has 0 fully saturated rings. The molecule has 0 spiro atoms. The summed E-state index contributed by atoms with van der Waals surface area (Å²) < 4.78 is 0. The van der Waals surface area contributed by atoms with E-state index in [1.54, 1.807) is 12.4 Å². The third kappa shape index (κ3) is 2.08. The molecule has 3 aromatic rings. The van der Waals surface area contributed by atoms with Crippen LogP contribution in [0.4, 0.5) is 0 Å². The van der Waals surface area contributed by atoms with E-state index in [2.05, 4.69) is 19.9 Å². The molecular weight excluding hydrogens is 238 g/mol. The highest BCUT2D eigenvalue weighted by Gasteiger charge is 2.11. The number of pyridine rings is 1. The van der Waals surface area contributed by atoms with Gasteiger partial charge in [0.05, 0.1) is 5.69 Å². The normalized spacial score (nSPS) is 11.1. The van der Waals surface area contributed by atoms with Gasteiger partial charge in [-0.1, -0.05) is 0 Å². The van der Waals surface area contributed by atoms with Crippen LogP contribution < -0.4 is 5.73 Å². The maximum Gasteiger partial charge on any atom is 0.163 e. The standard InChI is InChI=1S/C14H15N5/c1-9-12-10(4-5-15)8-17-14(12)19-13(18-9)11-3-2-6-16-7-11/h2-3,6-8H,4-5,15H2,1H3,(H,17,18,19). The second-order valence-electron chi connectivity index (χ2n) is 4.45. The third-order valence-electron chi connectivity index (χ3n) is 3.13. The molecule has 3 rings (SSSR count). The highest BCUT2D eigenvalue weighted by Crippen LogP contribution is 2.23. The molecule has 0 amide bonds. The van der Waals surface area contributed by atoms with Crippen LogP contribution in [-0.4, -0.2) is 26.5 Å². The smallest absolute Gasteiger partial charge is 0.163 e. The van der Waals surface area contributed by atoms with Gasteiger partial charge in [-0.05, 0) is 37.6 Å². The Morgan fingerprint density at radius 3 is 2.95 bits per heavy atom. The summed E-state index contributed by atoms with van der Waals surface area (Å²) in [7, 11) is 0. The van der Waals surface area contributed by atoms with Gasteiger partial charge in [0.25, 0.3) is 0 Å². The van der Waals surface area contributed by atoms with E-state index in [9.17, 15) is 0 Å². The number of H-pyrrole nitrogens is 1. The minimum absolute atomic E-state index is 0.622. The number of rotatable bonds is 3. The minimum atomic E-state index is 0.622. The van der Waals surface area contributed by atoms with Crippen LogP contribution >= 0.6 is 0 Å². The van der Waals surface area contributed by atoms with Crippen LogP contribution in [0.1, 0.15) is 11.3 Å². The fraction of sp³-hybridized carbons (Fsp3) is 0.214. The summed E-state index contributed by atoms with van der Waals surface area (Å²) in [6.45, 7) is 2.62. The molecule has 0 aliphatic heterocycles. The van der Waals surface area contributed by atoms with E-state index in [0.29, 0.717) is 12.4 Å². The Morgan fingerprint density at radius 2 is 2.21 bits per heavy atom. The summed E-state index contributed by atoms with van der Waals surface area (Å²) in [5.74, 6) is 0.694. The zero-order chi connectivity index (χ0) is 13.2. The summed E-state index contributed by atoms with van der Waals surface area (Å²) in [6.07, 6.45) is 6.30. The molecule has 5 heteroatoms. The number of hydrogen-bond acceptors (Lipinski definition) is 4. The lowest BCUT2D eigenvalue weighted by Crippen LogP contribution is -2.02. The molecule has 0 radical (unpaired) electrons. The third-order valence-corrected chi connectivity index (χ3v) is 3.13. The van der Waals surface area contributed by atoms with Crippen molar-refractivity contribution in [2.75, 3.05) is 6.54 Å². The van der Waals surface area contributed by atoms with Crippen molar-refractivity contribution in [3.05, 3.63) is 42.0 Å². The maximum atomic E-state index is 5.62. The Kier molecular flexibility index (Phi) is 2.97. The molecule has 96 valence electrons. The number of hydrogen-bond donors (Lipinski definition) is 2. The highest BCUT2D eigenvalue weighted by molar-refractivity contribution is 5.83. The van der Waals surface area contributed by atoms with Gasteiger partial charge in [-0.25, -0.2) is 9.97 Å². The first-order chi connectivity index (χ1) is 9.29. The second kappa shape index (κ2) is 4.78. The number of nitrogens with zero attached hydrogens (tertiary/aromatic N) is 3. The first kappa shape index (κ1) is 11.8. The van der Waals surface area contributed by atoms with Crippen LogP contribution in [-0.2, 0) is 6.42 Å². The topological polar surface area (TPSA) is 80.5 Å². The zero-order valence-electron chi connectivity index (χ0n) is 10.7. The van der Waals surface area contributed by atoms with E-state index in [4.69, 9.17) is 5.73 Å². The molecule has 5 nitrogen and oxygen atoms in total. The van der Waals surface area contributed by atoms with Crippen molar-refractivity contribution < 1.29 is 0 Å². The molecular formula is C14H15N5. The molecule has 0 aromatic carbocycles. The Labute approximate surface area is 110 Å². The fourth-order valence-corrected chi connectivity index (χ4v) is 2.27. The fourth-order valence-electron chi connectivity index (χ4n) is 2.27. The monoisotopic (exact) mass is 253 g/mol. The molecule has 0 aliphatic rings. The molecule has 0 saturated heterocycles. The quantitative estimate of drug-likeness (QED) is 0.746. The van der Waals surface area contributed by atoms with Crippen molar-refractivity contribution in [2.45, 2.75) is 13.3 Å². The summed E-state index contributed by atoms with van der Waals surface area (Å²) in [4.78, 5) is 16.4. The van der Waals surface area contributed by atoms with Gasteiger partial charge in [0.2, 0.25) is 0 Å². The van der Waals surface area contributed by atoms with Gasteiger partial charge >= 0.3 is 0 Å². The lowest BCUT2D eigenvalue weighted by molar-refractivity contribution is 0.974. The number of aryl methyl sites for hydroxylation is 1. The van der Waals surface area contributed by atoms with E-state index in [-0.39, 0.29) is 0 Å². The Hall–Kier alpha value is -2.27. The maximum absolute atomic E-state index is 5.62. The van der Waals surface area contributed by atoms with Crippen LogP contribution in [0.25, 0.3) is 22.4 Å². The average molecular weight is 253 g/mol. The van der Waals surface area contributed by atoms with E-state index in [1.165, 1.54) is 5.56 Å². The van der Waals surface area contributed by atoms with Crippen LogP contribution in [0.2, 0.25) is 0 Å². The molecule has 19 heavy (non-hydrogen) atoms. The molecule has 3 aromatic heterocycles. The first-order valence-corrected chi connectivity index (χ1v) is 6.24. The van der Waals surface area contributed by atoms with Gasteiger partial charge in [-0.15, -0.1) is 0 Å². The summed E-state index contributed by atoms with van der Waals surface area (Å²) in [5.41, 5.74) is 9.53. The van der Waals surface area contributed by atoms with Crippen molar-refractivity contribution in [2.24, 2.45) is 5.73 Å². The summed E-state index contributed by atoms with van der Waals surface area (Å²) in [6, 6.07) is 3.84. The van der Waals surface area contributed by atoms with Gasteiger partial charge in [0.15, 0.2) is 5.82 Å². The molecule has 0 unspecified atom stereocenters. The first-order valence-electron chi connectivity index (χ1n) is 6.24. The Bertz CT molecular complexity index is 702. The largest absolute Gasteiger partial charge is 0.346 e. The van der Waals surface area contributed by atoms with E-state index < -0.39 is 0 Å². The molecule has 0 bridgehead atoms. The Balaban J connectivity index is 2.16. The number of aromatic amines is 1. The molecule has 0 aliphatic carbocycles. The van der Waals surface area contributed by atoms with Crippen LogP contribution in [0.3, 0.4) is 0 Å². The lowest BCUT2D eigenvalue weighted by atomic mass is 10.1. The van der Waals surface area contributed by atoms with Crippen molar-refractivity contribution in [1.82, 2.24) is 19.9 Å². The van der Waals surface area contributed by atoms with Crippen LogP contribution in [0.5, 0.6) is 0 Å². The number of fused-ring (bicyclic) bond motifs is 1. The van der Waals surface area contributed by atoms with Crippen molar-refractivity contribution in [3.63, 3.8) is 0 Å². The predicted molar refractivity (Wildman–Crippen MR) is 74.6 cm³/mol. The SMILES string of the molecule is Cc1nc(-c2cccnc2)nc2[nH]cc(CCN)c12. The Morgan fingerprint density at radius 1 is 1.32 bits per heavy atom. The molecule has 0 saturated carbocycles. The van der Waals surface area contributed by atoms with Gasteiger partial charge in [-0.3, -0.25) is 4.98 Å². The van der Waals surface area contributed by atoms with Crippen LogP contribution in [0, 0.1) is 6.92 Å². The van der Waals surface area contributed by atoms with Gasteiger partial charge in [0, 0.05) is 29.5 Å². The highest BCUT2D eigenvalue weighted by atomic mass is 15.0. The average Bonchev–Trinajstić information content (AvgIpc) is 2.84. The molecule has 3 heterocycles. The van der Waals surface area contributed by atoms with Crippen LogP contribution in [0.15, 0.2) is 30.7 Å². The van der Waals surface area contributed by atoms with Crippen molar-refractivity contribution in [3.8, 4) is 11.4 Å². The molecule has 3 N–H and O–H groups in total. The van der Waals surface area contributed by atoms with Crippen molar-refractivity contribution in [1.29, 1.82) is 0 Å². The van der Waals surface area contributed by atoms with Gasteiger partial charge in [0.1, 0.15) is 5.65 Å². The van der Waals surface area contributed by atoms with Crippen molar-refractivity contribution >= 4 is 11.0 Å². The summed E-state index contributed by atoms with van der Waals surface area (Å²) >= 11 is 0.